The van der Waals surface area contributed by atoms with E-state index in [1.807, 2.05) is 43.4 Å². The summed E-state index contributed by atoms with van der Waals surface area (Å²) in [5.41, 5.74) is -2.66. The van der Waals surface area contributed by atoms with E-state index in [-0.39, 0.29) is 30.8 Å². The molecule has 3 saturated carbocycles. The van der Waals surface area contributed by atoms with Crippen LogP contribution in [-0.2, 0) is 19.1 Å². The molecule has 11 unspecified atom stereocenters. The van der Waals surface area contributed by atoms with E-state index >= 15 is 8.78 Å². The molecule has 5 aliphatic rings. The van der Waals surface area contributed by atoms with Crippen molar-refractivity contribution in [2.24, 2.45) is 22.7 Å². The van der Waals surface area contributed by atoms with Gasteiger partial charge < -0.3 is 25.0 Å². The Morgan fingerprint density at radius 3 is 2.54 bits per heavy atom. The normalized spacial score (nSPS) is 41.6. The molecule has 0 bridgehead atoms. The summed E-state index contributed by atoms with van der Waals surface area (Å²) in [6.07, 6.45) is -1.37. The predicted molar refractivity (Wildman–Crippen MR) is 167 cm³/mol. The molecule has 4 fully saturated rings. The molecule has 244 valence electrons. The number of hydrogen-bond acceptors (Lipinski definition) is 7. The molecule has 4 aliphatic carbocycles. The Hall–Kier alpha value is -3.24. The largest absolute Gasteiger partial charge is 0.390 e. The first-order valence-corrected chi connectivity index (χ1v) is 16.2. The third-order valence-corrected chi connectivity index (χ3v) is 12.3. The van der Waals surface area contributed by atoms with Gasteiger partial charge in [0.25, 0.3) is 0 Å². The summed E-state index contributed by atoms with van der Waals surface area (Å²) in [7, 11) is 1.88. The number of nitrogens with one attached hydrogen (secondary N) is 1. The van der Waals surface area contributed by atoms with Gasteiger partial charge >= 0.3 is 0 Å². The van der Waals surface area contributed by atoms with Crippen molar-refractivity contribution in [3.8, 4) is 0 Å². The summed E-state index contributed by atoms with van der Waals surface area (Å²) in [4.78, 5) is 25.9. The SMILES string of the molecule is CNc1cccc(C(C)c2ccc(C3OC4CC5C6CC(F)C7=CC(=O)C=CC7(C)C6(F)C(O)CC5(C)C4(C(=O)CO)O3)cc2)c1. The van der Waals surface area contributed by atoms with Gasteiger partial charge in [0, 0.05) is 41.0 Å². The number of alkyl halides is 2. The molecule has 0 amide bonds. The summed E-state index contributed by atoms with van der Waals surface area (Å²) in [6, 6.07) is 16.0. The molecular weight excluding hydrogens is 592 g/mol. The minimum Gasteiger partial charge on any atom is -0.390 e. The van der Waals surface area contributed by atoms with E-state index in [1.165, 1.54) is 12.2 Å². The van der Waals surface area contributed by atoms with Gasteiger partial charge in [-0.2, -0.15) is 0 Å². The number of aliphatic hydroxyl groups is 2. The van der Waals surface area contributed by atoms with E-state index in [0.717, 1.165) is 22.9 Å². The number of aliphatic hydroxyl groups excluding tert-OH is 2. The van der Waals surface area contributed by atoms with Gasteiger partial charge in [-0.05, 0) is 73.1 Å². The third-order valence-electron chi connectivity index (χ3n) is 12.3. The highest BCUT2D eigenvalue weighted by Gasteiger charge is 2.80. The zero-order valence-corrected chi connectivity index (χ0v) is 26.5. The summed E-state index contributed by atoms with van der Waals surface area (Å²) in [6.45, 7) is 4.63. The Bertz CT molecular complexity index is 1640. The van der Waals surface area contributed by atoms with Crippen molar-refractivity contribution in [3.63, 3.8) is 0 Å². The Morgan fingerprint density at radius 2 is 1.85 bits per heavy atom. The summed E-state index contributed by atoms with van der Waals surface area (Å²) < 4.78 is 46.5. The van der Waals surface area contributed by atoms with Crippen LogP contribution in [0.3, 0.4) is 0 Å². The molecule has 2 aromatic rings. The van der Waals surface area contributed by atoms with E-state index in [1.54, 1.807) is 13.8 Å². The quantitative estimate of drug-likeness (QED) is 0.385. The molecule has 3 N–H and O–H groups in total. The number of ether oxygens (including phenoxy) is 2. The fourth-order valence-electron chi connectivity index (χ4n) is 9.81. The van der Waals surface area contributed by atoms with E-state index < -0.39 is 76.8 Å². The fourth-order valence-corrected chi connectivity index (χ4v) is 9.81. The van der Waals surface area contributed by atoms with Crippen molar-refractivity contribution in [3.05, 3.63) is 89.0 Å². The number of halogens is 2. The maximum absolute atomic E-state index is 17.6. The first-order valence-electron chi connectivity index (χ1n) is 16.2. The number of carbonyl (C=O) groups excluding carboxylic acids is 2. The fraction of sp³-hybridized carbons (Fsp3) is 0.514. The van der Waals surface area contributed by atoms with Crippen molar-refractivity contribution in [2.75, 3.05) is 19.0 Å². The van der Waals surface area contributed by atoms with Gasteiger partial charge in [0.05, 0.1) is 12.2 Å². The Balaban J connectivity index is 1.21. The van der Waals surface area contributed by atoms with Crippen molar-refractivity contribution >= 4 is 17.3 Å². The van der Waals surface area contributed by atoms with Gasteiger partial charge in [-0.25, -0.2) is 8.78 Å². The molecule has 2 aromatic carbocycles. The van der Waals surface area contributed by atoms with Gasteiger partial charge in [0.15, 0.2) is 29.1 Å². The number of rotatable bonds is 6. The van der Waals surface area contributed by atoms with Crippen molar-refractivity contribution < 1.29 is 38.1 Å². The van der Waals surface area contributed by atoms with Crippen LogP contribution < -0.4 is 5.32 Å². The van der Waals surface area contributed by atoms with Crippen LogP contribution in [0.1, 0.15) is 68.9 Å². The van der Waals surface area contributed by atoms with Gasteiger partial charge in [0.1, 0.15) is 12.8 Å². The lowest BCUT2D eigenvalue weighted by atomic mass is 9.44. The van der Waals surface area contributed by atoms with Crippen molar-refractivity contribution in [2.45, 2.75) is 81.9 Å². The summed E-state index contributed by atoms with van der Waals surface area (Å²) in [5, 5.41) is 25.1. The minimum atomic E-state index is -2.29. The van der Waals surface area contributed by atoms with Crippen LogP contribution >= 0.6 is 0 Å². The maximum Gasteiger partial charge on any atom is 0.193 e. The van der Waals surface area contributed by atoms with Gasteiger partial charge in [0.2, 0.25) is 0 Å². The molecule has 46 heavy (non-hydrogen) atoms. The van der Waals surface area contributed by atoms with Crippen LogP contribution in [-0.4, -0.2) is 65.1 Å². The van der Waals surface area contributed by atoms with Gasteiger partial charge in [-0.15, -0.1) is 0 Å². The number of ketones is 2. The number of fused-ring (bicyclic) bond motifs is 7. The number of anilines is 1. The van der Waals surface area contributed by atoms with Crippen LogP contribution in [0.2, 0.25) is 0 Å². The number of allylic oxidation sites excluding steroid dienone is 4. The Labute approximate surface area is 267 Å². The summed E-state index contributed by atoms with van der Waals surface area (Å²) >= 11 is 0. The molecule has 1 heterocycles. The molecule has 0 spiro atoms. The van der Waals surface area contributed by atoms with E-state index in [0.29, 0.717) is 5.56 Å². The van der Waals surface area contributed by atoms with Crippen LogP contribution in [0.4, 0.5) is 14.5 Å². The lowest BCUT2D eigenvalue weighted by Gasteiger charge is -2.63. The molecule has 11 atom stereocenters. The second-order valence-corrected chi connectivity index (χ2v) is 14.3. The van der Waals surface area contributed by atoms with Crippen LogP contribution in [0.15, 0.2) is 72.3 Å². The van der Waals surface area contributed by atoms with Crippen molar-refractivity contribution in [1.29, 1.82) is 0 Å². The first-order chi connectivity index (χ1) is 21.8. The molecule has 0 aromatic heterocycles. The molecule has 7 nitrogen and oxygen atoms in total. The standard InChI is InChI=1S/C37H41F2NO6/c1-20(23-6-5-7-24(14-23)40-4)21-8-10-22(11-9-21)33-45-32-17-26-27-16-29(38)28-15-25(42)12-13-34(28,2)36(27,39)30(43)18-35(26,3)37(32,46-33)31(44)19-41/h5-15,20,26-27,29-30,32-33,40-41,43H,16-19H2,1-4H3. The van der Waals surface area contributed by atoms with E-state index in [4.69, 9.17) is 9.47 Å². The number of Topliss-reactive ketones (excluding diaryl/α,β-unsaturated/α-hetero) is 1. The second-order valence-electron chi connectivity index (χ2n) is 14.3. The van der Waals surface area contributed by atoms with Crippen LogP contribution in [0, 0.1) is 22.7 Å². The molecule has 1 saturated heterocycles. The lowest BCUT2D eigenvalue weighted by molar-refractivity contribution is -0.235. The maximum atomic E-state index is 17.6. The summed E-state index contributed by atoms with van der Waals surface area (Å²) in [5.74, 6) is -2.48. The highest BCUT2D eigenvalue weighted by atomic mass is 19.1. The third kappa shape index (κ3) is 4.01. The first kappa shape index (κ1) is 31.4. The van der Waals surface area contributed by atoms with Gasteiger partial charge in [-0.3, -0.25) is 9.59 Å². The van der Waals surface area contributed by atoms with Crippen LogP contribution in [0.25, 0.3) is 0 Å². The highest BCUT2D eigenvalue weighted by Crippen LogP contribution is 2.72. The molecule has 0 radical (unpaired) electrons. The second kappa shape index (κ2) is 10.6. The smallest absolute Gasteiger partial charge is 0.193 e. The van der Waals surface area contributed by atoms with E-state index in [9.17, 15) is 19.8 Å². The average molecular weight is 634 g/mol. The molecular formula is C37H41F2NO6. The number of hydrogen-bond donors (Lipinski definition) is 3. The Kier molecular flexibility index (Phi) is 7.25. The zero-order valence-electron chi connectivity index (χ0n) is 26.5. The number of benzene rings is 2. The highest BCUT2D eigenvalue weighted by molar-refractivity contribution is 6.01. The van der Waals surface area contributed by atoms with Crippen LogP contribution in [0.5, 0.6) is 0 Å². The van der Waals surface area contributed by atoms with Gasteiger partial charge in [-0.1, -0.05) is 56.3 Å². The predicted octanol–water partition coefficient (Wildman–Crippen LogP) is 5.52. The lowest BCUT2D eigenvalue weighted by Crippen LogP contribution is -2.70. The van der Waals surface area contributed by atoms with E-state index in [2.05, 4.69) is 24.4 Å². The van der Waals surface area contributed by atoms with Crippen molar-refractivity contribution in [1.82, 2.24) is 0 Å². The molecule has 7 rings (SSSR count). The minimum absolute atomic E-state index is 0.0424. The topological polar surface area (TPSA) is 105 Å². The number of carbonyl (C=O) groups is 2. The monoisotopic (exact) mass is 633 g/mol. The zero-order chi connectivity index (χ0) is 32.8. The average Bonchev–Trinajstić information content (AvgIpc) is 3.56. The Morgan fingerprint density at radius 1 is 1.11 bits per heavy atom. The molecule has 1 aliphatic heterocycles. The molecule has 9 heteroatoms.